The summed E-state index contributed by atoms with van der Waals surface area (Å²) in [6.45, 7) is 4.19. The number of fused-ring (bicyclic) bond motifs is 1. The molecule has 2 atom stereocenters. The molecule has 0 spiro atoms. The molecule has 1 saturated carbocycles. The van der Waals surface area contributed by atoms with Gasteiger partial charge in [-0.2, -0.15) is 27.9 Å². The van der Waals surface area contributed by atoms with E-state index < -0.39 is 18.1 Å². The van der Waals surface area contributed by atoms with Gasteiger partial charge in [-0.1, -0.05) is 0 Å². The van der Waals surface area contributed by atoms with Crippen LogP contribution in [0.3, 0.4) is 0 Å². The van der Waals surface area contributed by atoms with E-state index in [4.69, 9.17) is 15.2 Å². The van der Waals surface area contributed by atoms with Crippen LogP contribution in [0.2, 0.25) is 0 Å². The summed E-state index contributed by atoms with van der Waals surface area (Å²) >= 11 is 0. The van der Waals surface area contributed by atoms with Crippen LogP contribution in [0.15, 0.2) is 18.6 Å². The van der Waals surface area contributed by atoms with Gasteiger partial charge in [-0.05, 0) is 39.2 Å². The molecule has 2 aromatic heterocycles. The highest BCUT2D eigenvalue weighted by Crippen LogP contribution is 2.50. The summed E-state index contributed by atoms with van der Waals surface area (Å²) < 4.78 is 55.3. The van der Waals surface area contributed by atoms with Gasteiger partial charge in [0.15, 0.2) is 11.4 Å². The minimum absolute atomic E-state index is 0.0459. The van der Waals surface area contributed by atoms with Crippen LogP contribution < -0.4 is 10.6 Å². The highest BCUT2D eigenvalue weighted by Gasteiger charge is 2.61. The Hall–Kier alpha value is -2.60. The summed E-state index contributed by atoms with van der Waals surface area (Å²) in [5, 5.41) is 8.30. The Balaban J connectivity index is 1.69. The second kappa shape index (κ2) is 7.02. The quantitative estimate of drug-likeness (QED) is 0.777. The SMILES string of the molecule is CCOC(C)n1cc(N2C=Cc3nc(N)nn3C2OC2(C(F)(F)F)CCC2)cn1. The summed E-state index contributed by atoms with van der Waals surface area (Å²) in [6.07, 6.45) is 0.591. The minimum atomic E-state index is -4.50. The van der Waals surface area contributed by atoms with E-state index in [0.29, 0.717) is 24.5 Å². The molecule has 1 aliphatic carbocycles. The van der Waals surface area contributed by atoms with Crippen molar-refractivity contribution in [3.05, 3.63) is 24.4 Å². The van der Waals surface area contributed by atoms with Crippen LogP contribution in [-0.4, -0.2) is 42.9 Å². The number of ether oxygens (including phenoxy) is 2. The Morgan fingerprint density at radius 3 is 2.76 bits per heavy atom. The van der Waals surface area contributed by atoms with E-state index in [1.165, 1.54) is 15.8 Å². The molecule has 9 nitrogen and oxygen atoms in total. The van der Waals surface area contributed by atoms with E-state index >= 15 is 0 Å². The lowest BCUT2D eigenvalue weighted by Crippen LogP contribution is -2.56. The fourth-order valence-corrected chi connectivity index (χ4v) is 3.43. The summed E-state index contributed by atoms with van der Waals surface area (Å²) in [4.78, 5) is 5.56. The van der Waals surface area contributed by atoms with Gasteiger partial charge in [0.1, 0.15) is 6.23 Å². The number of rotatable bonds is 6. The number of hydrogen-bond acceptors (Lipinski definition) is 7. The van der Waals surface area contributed by atoms with E-state index in [1.807, 2.05) is 13.8 Å². The Morgan fingerprint density at radius 1 is 1.38 bits per heavy atom. The third kappa shape index (κ3) is 3.35. The Kier molecular flexibility index (Phi) is 4.77. The third-order valence-corrected chi connectivity index (χ3v) is 5.18. The zero-order valence-electron chi connectivity index (χ0n) is 16.0. The smallest absolute Gasteiger partial charge is 0.366 e. The lowest BCUT2D eigenvalue weighted by molar-refractivity contribution is -0.326. The number of nitrogens with two attached hydrogens (primary N) is 1. The molecule has 2 N–H and O–H groups in total. The summed E-state index contributed by atoms with van der Waals surface area (Å²) in [5.41, 5.74) is 3.97. The molecule has 29 heavy (non-hydrogen) atoms. The van der Waals surface area contributed by atoms with Gasteiger partial charge in [0.05, 0.1) is 18.1 Å². The van der Waals surface area contributed by atoms with Crippen LogP contribution >= 0.6 is 0 Å². The second-order valence-electron chi connectivity index (χ2n) is 7.02. The first-order valence-corrected chi connectivity index (χ1v) is 9.33. The molecular weight excluding hydrogens is 391 g/mol. The van der Waals surface area contributed by atoms with Crippen LogP contribution in [0.1, 0.15) is 51.5 Å². The lowest BCUT2D eigenvalue weighted by atomic mass is 9.79. The number of nitrogen functional groups attached to an aromatic ring is 1. The normalized spacial score (nSPS) is 21.7. The molecule has 4 rings (SSSR count). The molecular formula is C17H22F3N7O2. The Morgan fingerprint density at radius 2 is 2.14 bits per heavy atom. The first-order valence-electron chi connectivity index (χ1n) is 9.33. The zero-order chi connectivity index (χ0) is 20.8. The van der Waals surface area contributed by atoms with Gasteiger partial charge in [-0.3, -0.25) is 4.90 Å². The average molecular weight is 413 g/mol. The zero-order valence-corrected chi connectivity index (χ0v) is 16.0. The van der Waals surface area contributed by atoms with Crippen molar-refractivity contribution >= 4 is 17.7 Å². The predicted molar refractivity (Wildman–Crippen MR) is 97.3 cm³/mol. The van der Waals surface area contributed by atoms with E-state index in [-0.39, 0.29) is 25.0 Å². The second-order valence-corrected chi connectivity index (χ2v) is 7.02. The van der Waals surface area contributed by atoms with Crippen molar-refractivity contribution in [3.63, 3.8) is 0 Å². The first-order chi connectivity index (χ1) is 13.7. The van der Waals surface area contributed by atoms with Crippen LogP contribution in [0.5, 0.6) is 0 Å². The average Bonchev–Trinajstić information content (AvgIpc) is 3.23. The lowest BCUT2D eigenvalue weighted by Gasteiger charge is -2.46. The Bertz CT molecular complexity index is 903. The van der Waals surface area contributed by atoms with Gasteiger partial charge in [-0.25, -0.2) is 4.68 Å². The van der Waals surface area contributed by atoms with Gasteiger partial charge in [0, 0.05) is 12.8 Å². The van der Waals surface area contributed by atoms with Crippen LogP contribution in [-0.2, 0) is 9.47 Å². The fourth-order valence-electron chi connectivity index (χ4n) is 3.43. The maximum Gasteiger partial charge on any atom is 0.417 e. The third-order valence-electron chi connectivity index (χ3n) is 5.18. The summed E-state index contributed by atoms with van der Waals surface area (Å²) in [5.74, 6) is 0.269. The molecule has 0 radical (unpaired) electrons. The fraction of sp³-hybridized carbons (Fsp3) is 0.588. The van der Waals surface area contributed by atoms with Crippen LogP contribution in [0.25, 0.3) is 6.08 Å². The number of halogens is 3. The van der Waals surface area contributed by atoms with Crippen molar-refractivity contribution in [1.82, 2.24) is 24.5 Å². The molecule has 2 aromatic rings. The maximum absolute atomic E-state index is 13.8. The number of nitrogens with zero attached hydrogens (tertiary/aromatic N) is 6. The van der Waals surface area contributed by atoms with Gasteiger partial charge in [0.25, 0.3) is 0 Å². The van der Waals surface area contributed by atoms with Gasteiger partial charge in [0.2, 0.25) is 12.3 Å². The molecule has 2 aliphatic rings. The topological polar surface area (TPSA) is 96.2 Å². The van der Waals surface area contributed by atoms with E-state index in [1.54, 1.807) is 23.2 Å². The standard InChI is InChI=1S/C17H22F3N7O2/c1-3-28-11(2)26-10-12(9-22-26)25-8-5-13-23-14(21)24-27(13)15(25)29-16(6-4-7-16)17(18,19)20/h5,8-11,15H,3-4,6-7H2,1-2H3,(H2,21,24). The van der Waals surface area contributed by atoms with E-state index in [2.05, 4.69) is 15.2 Å². The van der Waals surface area contributed by atoms with Crippen molar-refractivity contribution < 1.29 is 22.6 Å². The molecule has 3 heterocycles. The summed E-state index contributed by atoms with van der Waals surface area (Å²) in [6, 6.07) is 0. The molecule has 0 amide bonds. The van der Waals surface area contributed by atoms with E-state index in [9.17, 15) is 13.2 Å². The molecule has 1 fully saturated rings. The van der Waals surface area contributed by atoms with Gasteiger partial charge >= 0.3 is 6.18 Å². The maximum atomic E-state index is 13.8. The van der Waals surface area contributed by atoms with Crippen LogP contribution in [0, 0.1) is 0 Å². The van der Waals surface area contributed by atoms with Crippen molar-refractivity contribution in [2.45, 2.75) is 57.5 Å². The number of alkyl halides is 3. The first kappa shape index (κ1) is 19.7. The van der Waals surface area contributed by atoms with E-state index in [0.717, 1.165) is 0 Å². The molecule has 12 heteroatoms. The molecule has 158 valence electrons. The molecule has 0 bridgehead atoms. The number of anilines is 2. The molecule has 0 saturated heterocycles. The van der Waals surface area contributed by atoms with Crippen molar-refractivity contribution in [3.8, 4) is 0 Å². The monoisotopic (exact) mass is 413 g/mol. The predicted octanol–water partition coefficient (Wildman–Crippen LogP) is 3.06. The van der Waals surface area contributed by atoms with Crippen molar-refractivity contribution in [1.29, 1.82) is 0 Å². The minimum Gasteiger partial charge on any atom is -0.366 e. The highest BCUT2D eigenvalue weighted by atomic mass is 19.4. The van der Waals surface area contributed by atoms with Gasteiger partial charge in [-0.15, -0.1) is 5.10 Å². The molecule has 2 unspecified atom stereocenters. The van der Waals surface area contributed by atoms with Gasteiger partial charge < -0.3 is 15.2 Å². The number of aromatic nitrogens is 5. The van der Waals surface area contributed by atoms with Crippen molar-refractivity contribution in [2.75, 3.05) is 17.2 Å². The molecule has 0 aromatic carbocycles. The van der Waals surface area contributed by atoms with Crippen LogP contribution in [0.4, 0.5) is 24.8 Å². The van der Waals surface area contributed by atoms with Crippen molar-refractivity contribution in [2.24, 2.45) is 0 Å². The molecule has 1 aliphatic heterocycles. The Labute approximate surface area is 164 Å². The largest absolute Gasteiger partial charge is 0.417 e. The number of hydrogen-bond donors (Lipinski definition) is 1. The summed E-state index contributed by atoms with van der Waals surface area (Å²) in [7, 11) is 0. The highest BCUT2D eigenvalue weighted by molar-refractivity contribution is 5.56.